The Morgan fingerprint density at radius 2 is 2.15 bits per heavy atom. The fraction of sp³-hybridized carbons (Fsp3) is 0.600. The van der Waals surface area contributed by atoms with Gasteiger partial charge >= 0.3 is 6.09 Å². The molecule has 0 N–H and O–H groups in total. The van der Waals surface area contributed by atoms with Crippen molar-refractivity contribution in [2.24, 2.45) is 0 Å². The second kappa shape index (κ2) is 6.82. The number of benzene rings is 1. The highest BCUT2D eigenvalue weighted by Crippen LogP contribution is 2.50. The van der Waals surface area contributed by atoms with E-state index in [0.29, 0.717) is 32.3 Å². The van der Waals surface area contributed by atoms with E-state index >= 15 is 0 Å². The molecule has 0 bridgehead atoms. The maximum atomic E-state index is 12.8. The van der Waals surface area contributed by atoms with Gasteiger partial charge in [-0.25, -0.2) is 4.79 Å². The van der Waals surface area contributed by atoms with Crippen molar-refractivity contribution >= 4 is 23.4 Å². The Morgan fingerprint density at radius 1 is 1.31 bits per heavy atom. The molecule has 2 unspecified atom stereocenters. The van der Waals surface area contributed by atoms with Gasteiger partial charge in [0.05, 0.1) is 24.5 Å². The summed E-state index contributed by atoms with van der Waals surface area (Å²) in [6.45, 7) is 6.97. The van der Waals surface area contributed by atoms with Gasteiger partial charge in [0.15, 0.2) is 0 Å². The quantitative estimate of drug-likeness (QED) is 0.831. The fourth-order valence-corrected chi connectivity index (χ4v) is 4.67. The van der Waals surface area contributed by atoms with Crippen molar-refractivity contribution < 1.29 is 14.3 Å². The average Bonchev–Trinajstić information content (AvgIpc) is 2.96. The SMILES string of the molecule is CCCCN1C(=O)CN2c3c(cccc31)C1CN(C(=O)OCC)CCC12. The number of hydrogen-bond acceptors (Lipinski definition) is 4. The number of ether oxygens (including phenoxy) is 1. The summed E-state index contributed by atoms with van der Waals surface area (Å²) in [5, 5.41) is 0. The molecule has 0 saturated carbocycles. The molecule has 0 radical (unpaired) electrons. The predicted octanol–water partition coefficient (Wildman–Crippen LogP) is 2.97. The van der Waals surface area contributed by atoms with Crippen LogP contribution in [-0.4, -0.2) is 55.7 Å². The number of hydrogen-bond donors (Lipinski definition) is 0. The summed E-state index contributed by atoms with van der Waals surface area (Å²) >= 11 is 0. The third kappa shape index (κ3) is 2.63. The van der Waals surface area contributed by atoms with Crippen LogP contribution in [0.25, 0.3) is 0 Å². The number of carbonyl (C=O) groups is 2. The first-order chi connectivity index (χ1) is 12.7. The van der Waals surface area contributed by atoms with Gasteiger partial charge in [-0.3, -0.25) is 4.79 Å². The molecular weight excluding hydrogens is 330 g/mol. The molecule has 6 heteroatoms. The lowest BCUT2D eigenvalue weighted by Gasteiger charge is -2.41. The number of rotatable bonds is 4. The predicted molar refractivity (Wildman–Crippen MR) is 101 cm³/mol. The molecule has 3 heterocycles. The van der Waals surface area contributed by atoms with E-state index in [1.54, 1.807) is 0 Å². The molecular formula is C20H27N3O3. The van der Waals surface area contributed by atoms with Crippen molar-refractivity contribution in [2.75, 3.05) is 42.6 Å². The Morgan fingerprint density at radius 3 is 2.92 bits per heavy atom. The molecule has 4 rings (SSSR count). The van der Waals surface area contributed by atoms with Crippen LogP contribution in [0.15, 0.2) is 18.2 Å². The zero-order valence-corrected chi connectivity index (χ0v) is 15.6. The second-order valence-corrected chi connectivity index (χ2v) is 7.35. The third-order valence-electron chi connectivity index (χ3n) is 5.87. The van der Waals surface area contributed by atoms with Gasteiger partial charge in [-0.05, 0) is 31.4 Å². The Hall–Kier alpha value is -2.24. The molecule has 26 heavy (non-hydrogen) atoms. The molecule has 2 atom stereocenters. The zero-order chi connectivity index (χ0) is 18.3. The van der Waals surface area contributed by atoms with E-state index in [2.05, 4.69) is 30.0 Å². The molecule has 0 spiro atoms. The van der Waals surface area contributed by atoms with Gasteiger partial charge in [0.2, 0.25) is 5.91 Å². The molecule has 6 nitrogen and oxygen atoms in total. The number of amides is 2. The Balaban J connectivity index is 1.66. The van der Waals surface area contributed by atoms with Crippen LogP contribution >= 0.6 is 0 Å². The van der Waals surface area contributed by atoms with Crippen molar-refractivity contribution in [1.29, 1.82) is 0 Å². The molecule has 1 fully saturated rings. The first kappa shape index (κ1) is 17.2. The van der Waals surface area contributed by atoms with Crippen molar-refractivity contribution in [3.63, 3.8) is 0 Å². The van der Waals surface area contributed by atoms with Gasteiger partial charge in [0, 0.05) is 31.6 Å². The van der Waals surface area contributed by atoms with Crippen molar-refractivity contribution in [3.05, 3.63) is 23.8 Å². The summed E-state index contributed by atoms with van der Waals surface area (Å²) in [5.74, 6) is 0.443. The molecule has 1 saturated heterocycles. The van der Waals surface area contributed by atoms with E-state index in [9.17, 15) is 9.59 Å². The van der Waals surface area contributed by atoms with Gasteiger partial charge in [-0.15, -0.1) is 0 Å². The minimum atomic E-state index is -0.224. The molecule has 3 aliphatic rings. The highest BCUT2D eigenvalue weighted by molar-refractivity contribution is 6.05. The summed E-state index contributed by atoms with van der Waals surface area (Å²) in [5.41, 5.74) is 3.53. The Bertz CT molecular complexity index is 720. The highest BCUT2D eigenvalue weighted by Gasteiger charge is 2.47. The van der Waals surface area contributed by atoms with E-state index in [0.717, 1.165) is 31.5 Å². The van der Waals surface area contributed by atoms with E-state index in [1.165, 1.54) is 11.3 Å². The van der Waals surface area contributed by atoms with Crippen LogP contribution in [0.1, 0.15) is 44.6 Å². The molecule has 0 aliphatic carbocycles. The summed E-state index contributed by atoms with van der Waals surface area (Å²) in [6.07, 6.45) is 2.73. The third-order valence-corrected chi connectivity index (χ3v) is 5.87. The fourth-order valence-electron chi connectivity index (χ4n) is 4.67. The number of carbonyl (C=O) groups excluding carboxylic acids is 2. The standard InChI is InChI=1S/C20H27N3O3/c1-3-5-10-22-17-8-6-7-14-15-12-21(20(25)26-4-2)11-9-16(15)23(19(14)17)13-18(22)24/h6-8,15-16H,3-5,9-13H2,1-2H3. The lowest BCUT2D eigenvalue weighted by molar-refractivity contribution is -0.117. The van der Waals surface area contributed by atoms with Crippen molar-refractivity contribution in [3.8, 4) is 0 Å². The van der Waals surface area contributed by atoms with Crippen LogP contribution in [-0.2, 0) is 9.53 Å². The maximum Gasteiger partial charge on any atom is 0.409 e. The first-order valence-electron chi connectivity index (χ1n) is 9.77. The van der Waals surface area contributed by atoms with E-state index in [-0.39, 0.29) is 17.9 Å². The lowest BCUT2D eigenvalue weighted by atomic mass is 9.89. The molecule has 3 aliphatic heterocycles. The number of unbranched alkanes of at least 4 members (excludes halogenated alkanes) is 1. The smallest absolute Gasteiger partial charge is 0.409 e. The monoisotopic (exact) mass is 357 g/mol. The minimum Gasteiger partial charge on any atom is -0.450 e. The highest BCUT2D eigenvalue weighted by atomic mass is 16.6. The van der Waals surface area contributed by atoms with Crippen LogP contribution in [0, 0.1) is 0 Å². The zero-order valence-electron chi connectivity index (χ0n) is 15.6. The summed E-state index contributed by atoms with van der Waals surface area (Å²) in [4.78, 5) is 31.0. The Labute approximate surface area is 154 Å². The number of anilines is 2. The topological polar surface area (TPSA) is 53.1 Å². The normalized spacial score (nSPS) is 23.8. The lowest BCUT2D eigenvalue weighted by Crippen LogP contribution is -2.52. The van der Waals surface area contributed by atoms with Crippen molar-refractivity contribution in [2.45, 2.75) is 45.1 Å². The van der Waals surface area contributed by atoms with Crippen molar-refractivity contribution in [1.82, 2.24) is 4.90 Å². The number of nitrogens with zero attached hydrogens (tertiary/aromatic N) is 3. The number of para-hydroxylation sites is 1. The van der Waals surface area contributed by atoms with Crippen LogP contribution in [0.2, 0.25) is 0 Å². The van der Waals surface area contributed by atoms with E-state index in [4.69, 9.17) is 4.74 Å². The molecule has 1 aromatic carbocycles. The number of piperidine rings is 1. The van der Waals surface area contributed by atoms with Gasteiger partial charge in [-0.1, -0.05) is 25.5 Å². The van der Waals surface area contributed by atoms with Gasteiger partial charge in [0.1, 0.15) is 0 Å². The minimum absolute atomic E-state index is 0.191. The van der Waals surface area contributed by atoms with E-state index < -0.39 is 0 Å². The van der Waals surface area contributed by atoms with Gasteiger partial charge < -0.3 is 19.4 Å². The summed E-state index contributed by atoms with van der Waals surface area (Å²) in [6, 6.07) is 6.59. The Kier molecular flexibility index (Phi) is 4.51. The molecule has 2 amide bonds. The molecule has 1 aromatic rings. The largest absolute Gasteiger partial charge is 0.450 e. The van der Waals surface area contributed by atoms with Crippen LogP contribution in [0.5, 0.6) is 0 Å². The maximum absolute atomic E-state index is 12.8. The average molecular weight is 357 g/mol. The molecule has 140 valence electrons. The summed E-state index contributed by atoms with van der Waals surface area (Å²) < 4.78 is 5.20. The first-order valence-corrected chi connectivity index (χ1v) is 9.77. The van der Waals surface area contributed by atoms with E-state index in [1.807, 2.05) is 16.7 Å². The number of fused-ring (bicyclic) bond motifs is 3. The molecule has 0 aromatic heterocycles. The summed E-state index contributed by atoms with van der Waals surface area (Å²) in [7, 11) is 0. The van der Waals surface area contributed by atoms with Crippen LogP contribution in [0.4, 0.5) is 16.2 Å². The van der Waals surface area contributed by atoms with Gasteiger partial charge in [-0.2, -0.15) is 0 Å². The van der Waals surface area contributed by atoms with Crippen LogP contribution in [0.3, 0.4) is 0 Å². The van der Waals surface area contributed by atoms with Crippen LogP contribution < -0.4 is 9.80 Å². The second-order valence-electron chi connectivity index (χ2n) is 7.35. The number of likely N-dealkylation sites (tertiary alicyclic amines) is 1. The van der Waals surface area contributed by atoms with Gasteiger partial charge in [0.25, 0.3) is 0 Å².